The molecule has 0 unspecified atom stereocenters. The molecule has 0 aliphatic carbocycles. The summed E-state index contributed by atoms with van der Waals surface area (Å²) >= 11 is 0. The van der Waals surface area contributed by atoms with Crippen molar-refractivity contribution in [3.05, 3.63) is 66.1 Å². The quantitative estimate of drug-likeness (QED) is 0.775. The second-order valence-electron chi connectivity index (χ2n) is 5.38. The minimum atomic E-state index is -0.00974. The smallest absolute Gasteiger partial charge is 0.289 e. The second kappa shape index (κ2) is 8.56. The number of hydrogen-bond donors (Lipinski definition) is 0. The predicted molar refractivity (Wildman–Crippen MR) is 86.5 cm³/mol. The summed E-state index contributed by atoms with van der Waals surface area (Å²) in [5.41, 5.74) is 1.22. The highest BCUT2D eigenvalue weighted by Crippen LogP contribution is 2.09. The van der Waals surface area contributed by atoms with E-state index in [4.69, 9.17) is 4.42 Å². The van der Waals surface area contributed by atoms with Gasteiger partial charge in [0.15, 0.2) is 5.76 Å². The fraction of sp³-hybridized carbons (Fsp3) is 0.278. The number of carbonyl (C=O) groups is 1. The average molecular weight is 332 g/mol. The molecule has 0 spiro atoms. The van der Waals surface area contributed by atoms with Gasteiger partial charge in [0, 0.05) is 32.7 Å². The molecule has 2 aromatic rings. The van der Waals surface area contributed by atoms with E-state index in [1.165, 1.54) is 11.8 Å². The van der Waals surface area contributed by atoms with Gasteiger partial charge in [-0.15, -0.1) is 0 Å². The normalized spacial score (nSPS) is 15.6. The van der Waals surface area contributed by atoms with Crippen LogP contribution in [0.2, 0.25) is 0 Å². The van der Waals surface area contributed by atoms with E-state index >= 15 is 0 Å². The second-order valence-corrected chi connectivity index (χ2v) is 5.38. The number of furan rings is 1. The van der Waals surface area contributed by atoms with Crippen LogP contribution >= 0.6 is 0 Å². The van der Waals surface area contributed by atoms with Crippen LogP contribution in [0.25, 0.3) is 6.08 Å². The maximum atomic E-state index is 12.2. The topological polar surface area (TPSA) is 36.7 Å². The first-order valence-corrected chi connectivity index (χ1v) is 7.59. The number of piperazine rings is 1. The van der Waals surface area contributed by atoms with E-state index in [1.807, 2.05) is 23.1 Å². The molecule has 5 heteroatoms. The molecule has 0 saturated carbocycles. The van der Waals surface area contributed by atoms with Crippen LogP contribution in [0.15, 0.2) is 59.2 Å². The molecule has 1 amide bonds. The Kier molecular flexibility index (Phi) is 6.44. The van der Waals surface area contributed by atoms with Gasteiger partial charge in [0.1, 0.15) is 0 Å². The van der Waals surface area contributed by atoms with Crippen molar-refractivity contribution >= 4 is 12.0 Å². The van der Waals surface area contributed by atoms with Crippen LogP contribution in [0.1, 0.15) is 16.1 Å². The third kappa shape index (κ3) is 4.71. The molecule has 4 nitrogen and oxygen atoms in total. The van der Waals surface area contributed by atoms with Crippen molar-refractivity contribution in [3.8, 4) is 0 Å². The monoisotopic (exact) mass is 331 g/mol. The van der Waals surface area contributed by atoms with Crippen molar-refractivity contribution < 1.29 is 21.6 Å². The SMILES string of the molecule is O=C(c1ccco1)N1CCN(C/C=C/c2ccccc2)CC1.[Cl-]. The Morgan fingerprint density at radius 2 is 1.78 bits per heavy atom. The zero-order valence-corrected chi connectivity index (χ0v) is 13.7. The highest BCUT2D eigenvalue weighted by molar-refractivity contribution is 5.91. The van der Waals surface area contributed by atoms with Crippen molar-refractivity contribution in [1.29, 1.82) is 0 Å². The molecule has 0 bridgehead atoms. The summed E-state index contributed by atoms with van der Waals surface area (Å²) in [7, 11) is 0. The van der Waals surface area contributed by atoms with E-state index in [1.54, 1.807) is 12.1 Å². The molecule has 0 atom stereocenters. The third-order valence-electron chi connectivity index (χ3n) is 3.86. The van der Waals surface area contributed by atoms with Crippen molar-refractivity contribution in [2.24, 2.45) is 0 Å². The fourth-order valence-corrected chi connectivity index (χ4v) is 2.59. The van der Waals surface area contributed by atoms with E-state index in [2.05, 4.69) is 29.2 Å². The number of carbonyl (C=O) groups excluding carboxylic acids is 1. The van der Waals surface area contributed by atoms with Crippen LogP contribution in [0.3, 0.4) is 0 Å². The van der Waals surface area contributed by atoms with Gasteiger partial charge in [-0.2, -0.15) is 0 Å². The average Bonchev–Trinajstić information content (AvgIpc) is 3.10. The Labute approximate surface area is 142 Å². The highest BCUT2D eigenvalue weighted by atomic mass is 35.5. The zero-order chi connectivity index (χ0) is 15.2. The lowest BCUT2D eigenvalue weighted by Gasteiger charge is -2.33. The van der Waals surface area contributed by atoms with E-state index < -0.39 is 0 Å². The number of rotatable bonds is 4. The number of nitrogens with zero attached hydrogens (tertiary/aromatic N) is 2. The Bertz CT molecular complexity index is 618. The minimum Gasteiger partial charge on any atom is -1.00 e. The largest absolute Gasteiger partial charge is 1.00 e. The van der Waals surface area contributed by atoms with Crippen LogP contribution in [-0.4, -0.2) is 48.4 Å². The van der Waals surface area contributed by atoms with Gasteiger partial charge in [-0.05, 0) is 17.7 Å². The van der Waals surface area contributed by atoms with Gasteiger partial charge in [-0.1, -0.05) is 42.5 Å². The summed E-state index contributed by atoms with van der Waals surface area (Å²) in [5.74, 6) is 0.418. The van der Waals surface area contributed by atoms with Crippen molar-refractivity contribution in [2.45, 2.75) is 0 Å². The van der Waals surface area contributed by atoms with Gasteiger partial charge >= 0.3 is 0 Å². The van der Waals surface area contributed by atoms with Gasteiger partial charge in [-0.3, -0.25) is 9.69 Å². The number of benzene rings is 1. The summed E-state index contributed by atoms with van der Waals surface area (Å²) in [6.07, 6.45) is 5.86. The van der Waals surface area contributed by atoms with Gasteiger partial charge < -0.3 is 21.7 Å². The van der Waals surface area contributed by atoms with Crippen LogP contribution in [0, 0.1) is 0 Å². The molecular weight excluding hydrogens is 312 g/mol. The molecular formula is C18H20ClN2O2-. The van der Waals surface area contributed by atoms with E-state index in [0.29, 0.717) is 5.76 Å². The third-order valence-corrected chi connectivity index (χ3v) is 3.86. The molecule has 2 heterocycles. The molecule has 1 aliphatic rings. The molecule has 1 aromatic heterocycles. The molecule has 3 rings (SSSR count). The van der Waals surface area contributed by atoms with Gasteiger partial charge in [0.25, 0.3) is 5.91 Å². The van der Waals surface area contributed by atoms with Crippen LogP contribution in [-0.2, 0) is 0 Å². The van der Waals surface area contributed by atoms with Gasteiger partial charge in [0.05, 0.1) is 6.26 Å². The van der Waals surface area contributed by atoms with E-state index in [0.717, 1.165) is 32.7 Å². The summed E-state index contributed by atoms with van der Waals surface area (Å²) < 4.78 is 5.17. The lowest BCUT2D eigenvalue weighted by molar-refractivity contribution is -0.0000149. The first-order chi connectivity index (χ1) is 10.8. The first-order valence-electron chi connectivity index (χ1n) is 7.59. The Morgan fingerprint density at radius 3 is 2.43 bits per heavy atom. The molecule has 1 saturated heterocycles. The summed E-state index contributed by atoms with van der Waals surface area (Å²) in [6, 6.07) is 13.8. The highest BCUT2D eigenvalue weighted by Gasteiger charge is 2.22. The molecule has 1 aliphatic heterocycles. The molecule has 0 radical (unpaired) electrons. The predicted octanol–water partition coefficient (Wildman–Crippen LogP) is -0.245. The minimum absolute atomic E-state index is 0. The first kappa shape index (κ1) is 17.3. The van der Waals surface area contributed by atoms with Crippen LogP contribution in [0.4, 0.5) is 0 Å². The lowest BCUT2D eigenvalue weighted by atomic mass is 10.2. The standard InChI is InChI=1S/C18H20N2O2.ClH/c21-18(17-9-5-15-22-17)20-13-11-19(12-14-20)10-4-8-16-6-2-1-3-7-16;/h1-9,15H,10-14H2;1H/p-1/b8-4+;. The van der Waals surface area contributed by atoms with E-state index in [9.17, 15) is 4.79 Å². The van der Waals surface area contributed by atoms with E-state index in [-0.39, 0.29) is 18.3 Å². The Morgan fingerprint density at radius 1 is 1.04 bits per heavy atom. The number of hydrogen-bond acceptors (Lipinski definition) is 3. The van der Waals surface area contributed by atoms with Crippen LogP contribution < -0.4 is 12.4 Å². The summed E-state index contributed by atoms with van der Waals surface area (Å²) in [4.78, 5) is 16.4. The van der Waals surface area contributed by atoms with Crippen LogP contribution in [0.5, 0.6) is 0 Å². The zero-order valence-electron chi connectivity index (χ0n) is 12.9. The maximum Gasteiger partial charge on any atom is 0.289 e. The van der Waals surface area contributed by atoms with Crippen molar-refractivity contribution in [3.63, 3.8) is 0 Å². The fourth-order valence-electron chi connectivity index (χ4n) is 2.59. The molecule has 1 aromatic carbocycles. The summed E-state index contributed by atoms with van der Waals surface area (Å²) in [5, 5.41) is 0. The van der Waals surface area contributed by atoms with Crippen molar-refractivity contribution in [1.82, 2.24) is 9.80 Å². The molecule has 23 heavy (non-hydrogen) atoms. The molecule has 0 N–H and O–H groups in total. The number of halogens is 1. The lowest BCUT2D eigenvalue weighted by Crippen LogP contribution is -3.00. The molecule has 1 fully saturated rings. The Hall–Kier alpha value is -2.04. The maximum absolute atomic E-state index is 12.2. The summed E-state index contributed by atoms with van der Waals surface area (Å²) in [6.45, 7) is 4.20. The van der Waals surface area contributed by atoms with Gasteiger partial charge in [0.2, 0.25) is 0 Å². The molecule has 122 valence electrons. The number of amides is 1. The van der Waals surface area contributed by atoms with Crippen molar-refractivity contribution in [2.75, 3.05) is 32.7 Å². The Balaban J connectivity index is 0.00000192. The van der Waals surface area contributed by atoms with Gasteiger partial charge in [-0.25, -0.2) is 0 Å².